The number of hydrogen-bond acceptors (Lipinski definition) is 5. The van der Waals surface area contributed by atoms with E-state index in [1.54, 1.807) is 7.11 Å². The number of hydrogen-bond donors (Lipinski definition) is 3. The van der Waals surface area contributed by atoms with Crippen LogP contribution in [0.25, 0.3) is 0 Å². The number of alkyl carbamates (subject to hydrolysis) is 1. The summed E-state index contributed by atoms with van der Waals surface area (Å²) >= 11 is 0. The van der Waals surface area contributed by atoms with E-state index in [-0.39, 0.29) is 24.0 Å². The maximum atomic E-state index is 12.1. The van der Waals surface area contributed by atoms with Crippen LogP contribution in [0.1, 0.15) is 54.0 Å². The number of ether oxygens (including phenoxy) is 3. The second kappa shape index (κ2) is 13.5. The Hall–Kier alpha value is -1.91. The molecule has 8 nitrogen and oxygen atoms in total. The van der Waals surface area contributed by atoms with Crippen molar-refractivity contribution >= 4 is 36.0 Å². The largest absolute Gasteiger partial charge is 0.493 e. The summed E-state index contributed by atoms with van der Waals surface area (Å²) in [5.74, 6) is 2.06. The molecule has 1 aromatic carbocycles. The number of nitrogens with one attached hydrogen (secondary N) is 3. The number of carbonyl (C=O) groups excluding carboxylic acids is 1. The van der Waals surface area contributed by atoms with Crippen LogP contribution in [0.4, 0.5) is 4.79 Å². The van der Waals surface area contributed by atoms with Crippen LogP contribution in [0.15, 0.2) is 23.2 Å². The van der Waals surface area contributed by atoms with Crippen LogP contribution in [0.5, 0.6) is 11.5 Å². The summed E-state index contributed by atoms with van der Waals surface area (Å²) in [4.78, 5) is 16.7. The number of nitrogens with zero attached hydrogens (tertiary/aromatic N) is 1. The van der Waals surface area contributed by atoms with Gasteiger partial charge in [0.2, 0.25) is 0 Å². The lowest BCUT2D eigenvalue weighted by Gasteiger charge is -2.29. The van der Waals surface area contributed by atoms with Crippen molar-refractivity contribution in [2.24, 2.45) is 4.99 Å². The van der Waals surface area contributed by atoms with E-state index in [1.165, 1.54) is 0 Å². The van der Waals surface area contributed by atoms with Crippen LogP contribution >= 0.6 is 24.0 Å². The molecule has 178 valence electrons. The zero-order valence-corrected chi connectivity index (χ0v) is 22.4. The number of rotatable bonds is 9. The highest BCUT2D eigenvalue weighted by atomic mass is 127. The average Bonchev–Trinajstić information content (AvgIpc) is 2.63. The Morgan fingerprint density at radius 2 is 1.74 bits per heavy atom. The summed E-state index contributed by atoms with van der Waals surface area (Å²) in [6.07, 6.45) is -0.447. The topological polar surface area (TPSA) is 93.2 Å². The summed E-state index contributed by atoms with van der Waals surface area (Å²) in [7, 11) is 1.62. The average molecular weight is 550 g/mol. The molecule has 1 aromatic rings. The molecule has 0 unspecified atom stereocenters. The molecule has 0 atom stereocenters. The number of aliphatic imine (C=N–C) groups is 1. The van der Waals surface area contributed by atoms with Gasteiger partial charge in [0.25, 0.3) is 0 Å². The second-order valence-corrected chi connectivity index (χ2v) is 8.48. The highest BCUT2D eigenvalue weighted by Crippen LogP contribution is 2.28. The lowest BCUT2D eigenvalue weighted by Crippen LogP contribution is -2.54. The number of benzene rings is 1. The third-order valence-electron chi connectivity index (χ3n) is 3.83. The molecule has 0 saturated carbocycles. The maximum Gasteiger partial charge on any atom is 0.408 e. The fourth-order valence-electron chi connectivity index (χ4n) is 2.53. The molecule has 31 heavy (non-hydrogen) atoms. The number of amides is 1. The number of methoxy groups -OCH3 is 1. The number of carbonyl (C=O) groups is 1. The van der Waals surface area contributed by atoms with E-state index in [9.17, 15) is 4.79 Å². The van der Waals surface area contributed by atoms with Crippen LogP contribution in [0.3, 0.4) is 0 Å². The van der Waals surface area contributed by atoms with Crippen molar-refractivity contribution in [3.63, 3.8) is 0 Å². The minimum absolute atomic E-state index is 0. The van der Waals surface area contributed by atoms with Gasteiger partial charge >= 0.3 is 6.09 Å². The van der Waals surface area contributed by atoms with Crippen molar-refractivity contribution in [1.82, 2.24) is 16.0 Å². The quantitative estimate of drug-likeness (QED) is 0.244. The molecule has 0 heterocycles. The number of guanidine groups is 1. The van der Waals surface area contributed by atoms with Crippen molar-refractivity contribution in [3.8, 4) is 11.5 Å². The van der Waals surface area contributed by atoms with E-state index in [0.717, 1.165) is 12.1 Å². The smallest absolute Gasteiger partial charge is 0.408 e. The van der Waals surface area contributed by atoms with Gasteiger partial charge in [-0.1, -0.05) is 6.07 Å². The fraction of sp³-hybridized carbons (Fsp3) is 0.636. The fourth-order valence-corrected chi connectivity index (χ4v) is 2.53. The van der Waals surface area contributed by atoms with Gasteiger partial charge in [0.05, 0.1) is 25.8 Å². The van der Waals surface area contributed by atoms with Gasteiger partial charge in [-0.2, -0.15) is 0 Å². The zero-order chi connectivity index (χ0) is 22.8. The minimum Gasteiger partial charge on any atom is -0.493 e. The SMILES string of the molecule is CCNC(=NCc1ccc(OCC)c(OC)c1)NCC(C)(C)NC(=O)OC(C)(C)C.I. The van der Waals surface area contributed by atoms with Gasteiger partial charge in [-0.25, -0.2) is 9.79 Å². The van der Waals surface area contributed by atoms with Gasteiger partial charge in [-0.3, -0.25) is 0 Å². The zero-order valence-electron chi connectivity index (χ0n) is 20.0. The van der Waals surface area contributed by atoms with Gasteiger partial charge in [0.1, 0.15) is 5.60 Å². The van der Waals surface area contributed by atoms with Crippen molar-refractivity contribution in [2.75, 3.05) is 26.8 Å². The maximum absolute atomic E-state index is 12.1. The van der Waals surface area contributed by atoms with Crippen LogP contribution in [0, 0.1) is 0 Å². The second-order valence-electron chi connectivity index (χ2n) is 8.48. The molecule has 1 rings (SSSR count). The molecule has 0 fully saturated rings. The lowest BCUT2D eigenvalue weighted by molar-refractivity contribution is 0.0474. The molecule has 9 heteroatoms. The highest BCUT2D eigenvalue weighted by Gasteiger charge is 2.24. The monoisotopic (exact) mass is 550 g/mol. The Bertz CT molecular complexity index is 718. The first-order valence-corrected chi connectivity index (χ1v) is 10.3. The summed E-state index contributed by atoms with van der Waals surface area (Å²) in [6.45, 7) is 15.5. The molecular weight excluding hydrogens is 511 g/mol. The molecule has 1 amide bonds. The van der Waals surface area contributed by atoms with Gasteiger partial charge in [-0.15, -0.1) is 24.0 Å². The highest BCUT2D eigenvalue weighted by molar-refractivity contribution is 14.0. The Labute approximate surface area is 203 Å². The van der Waals surface area contributed by atoms with Crippen molar-refractivity contribution < 1.29 is 19.0 Å². The molecule has 0 aliphatic carbocycles. The molecule has 0 bridgehead atoms. The van der Waals surface area contributed by atoms with Crippen LogP contribution in [-0.2, 0) is 11.3 Å². The molecule has 0 aliphatic heterocycles. The van der Waals surface area contributed by atoms with Crippen LogP contribution in [-0.4, -0.2) is 50.0 Å². The van der Waals surface area contributed by atoms with Crippen molar-refractivity contribution in [2.45, 2.75) is 66.2 Å². The van der Waals surface area contributed by atoms with Crippen LogP contribution < -0.4 is 25.4 Å². The third kappa shape index (κ3) is 11.9. The Balaban J connectivity index is 0.00000900. The molecule has 0 aromatic heterocycles. The molecule has 3 N–H and O–H groups in total. The summed E-state index contributed by atoms with van der Waals surface area (Å²) in [5, 5.41) is 9.37. The first kappa shape index (κ1) is 29.1. The molecular formula is C22H39IN4O4. The number of halogens is 1. The van der Waals surface area contributed by atoms with Gasteiger partial charge < -0.3 is 30.2 Å². The summed E-state index contributed by atoms with van der Waals surface area (Å²) in [6, 6.07) is 5.78. The summed E-state index contributed by atoms with van der Waals surface area (Å²) in [5.41, 5.74) is -0.0671. The predicted molar refractivity (Wildman–Crippen MR) is 136 cm³/mol. The Morgan fingerprint density at radius 3 is 2.29 bits per heavy atom. The standard InChI is InChI=1S/C22H38N4O4.HI/c1-9-23-19(25-15-22(6,7)26-20(27)30-21(3,4)5)24-14-16-11-12-17(29-10-2)18(13-16)28-8;/h11-13H,9-10,14-15H2,1-8H3,(H,26,27)(H2,23,24,25);1H. The van der Waals surface area contributed by atoms with Crippen molar-refractivity contribution in [3.05, 3.63) is 23.8 Å². The minimum atomic E-state index is -0.539. The van der Waals surface area contributed by atoms with Crippen molar-refractivity contribution in [1.29, 1.82) is 0 Å². The Kier molecular flexibility index (Phi) is 12.7. The molecule has 0 saturated heterocycles. The van der Waals surface area contributed by atoms with E-state index >= 15 is 0 Å². The van der Waals surface area contributed by atoms with Gasteiger partial charge in [0, 0.05) is 13.1 Å². The normalized spacial score (nSPS) is 11.8. The molecule has 0 aliphatic rings. The third-order valence-corrected chi connectivity index (χ3v) is 3.83. The van der Waals surface area contributed by atoms with E-state index in [0.29, 0.717) is 37.2 Å². The van der Waals surface area contributed by atoms with E-state index in [2.05, 4.69) is 20.9 Å². The Morgan fingerprint density at radius 1 is 1.06 bits per heavy atom. The molecule has 0 spiro atoms. The van der Waals surface area contributed by atoms with E-state index in [1.807, 2.05) is 66.7 Å². The molecule has 0 radical (unpaired) electrons. The first-order valence-electron chi connectivity index (χ1n) is 10.3. The summed E-state index contributed by atoms with van der Waals surface area (Å²) < 4.78 is 16.3. The van der Waals surface area contributed by atoms with Gasteiger partial charge in [-0.05, 0) is 66.2 Å². The van der Waals surface area contributed by atoms with Crippen LogP contribution in [0.2, 0.25) is 0 Å². The lowest BCUT2D eigenvalue weighted by atomic mass is 10.1. The first-order chi connectivity index (χ1) is 14.0. The van der Waals surface area contributed by atoms with E-state index < -0.39 is 17.2 Å². The predicted octanol–water partition coefficient (Wildman–Crippen LogP) is 4.07. The van der Waals surface area contributed by atoms with Gasteiger partial charge in [0.15, 0.2) is 17.5 Å². The van der Waals surface area contributed by atoms with E-state index in [4.69, 9.17) is 14.2 Å².